The van der Waals surface area contributed by atoms with Crippen LogP contribution in [0.4, 0.5) is 0 Å². The van der Waals surface area contributed by atoms with Crippen molar-refractivity contribution in [1.29, 1.82) is 0 Å². The molecule has 3 rings (SSSR count). The van der Waals surface area contributed by atoms with Crippen molar-refractivity contribution >= 4 is 11.8 Å². The minimum Gasteiger partial charge on any atom is -0.457 e. The van der Waals surface area contributed by atoms with Crippen LogP contribution in [0, 0.1) is 16.7 Å². The van der Waals surface area contributed by atoms with E-state index in [9.17, 15) is 14.7 Å². The fourth-order valence-corrected chi connectivity index (χ4v) is 4.34. The van der Waals surface area contributed by atoms with Crippen LogP contribution in [0.15, 0.2) is 11.1 Å². The Labute approximate surface area is 112 Å². The van der Waals surface area contributed by atoms with Gasteiger partial charge >= 0.3 is 5.97 Å². The molecule has 0 bridgehead atoms. The summed E-state index contributed by atoms with van der Waals surface area (Å²) in [7, 11) is 0. The lowest BCUT2D eigenvalue weighted by molar-refractivity contribution is -0.141. The van der Waals surface area contributed by atoms with Crippen LogP contribution in [0.5, 0.6) is 0 Å². The maximum atomic E-state index is 12.2. The number of ketones is 1. The van der Waals surface area contributed by atoms with E-state index >= 15 is 0 Å². The van der Waals surface area contributed by atoms with Gasteiger partial charge in [-0.3, -0.25) is 4.79 Å². The number of hydrogen-bond acceptors (Lipinski definition) is 4. The second-order valence-corrected chi connectivity index (χ2v) is 6.90. The molecular formula is C15H20O4. The molecule has 0 radical (unpaired) electrons. The van der Waals surface area contributed by atoms with Gasteiger partial charge in [-0.25, -0.2) is 4.79 Å². The van der Waals surface area contributed by atoms with Gasteiger partial charge in [-0.2, -0.15) is 0 Å². The summed E-state index contributed by atoms with van der Waals surface area (Å²) in [5.74, 6) is -0.311. The molecule has 1 N–H and O–H groups in total. The van der Waals surface area contributed by atoms with Gasteiger partial charge in [-0.05, 0) is 24.2 Å². The standard InChI is InChI=1S/C15H20O4/c1-14(2)10-6-9(16)8-7-19-13(18)12(8)15(10,3)5-4-11(14)17/h10-11,17H,4-7H2,1-3H3/t10-,11+,15-/m0/s1. The number of carbonyl (C=O) groups is 2. The van der Waals surface area contributed by atoms with E-state index in [2.05, 4.69) is 6.92 Å². The molecule has 1 aliphatic heterocycles. The first-order valence-electron chi connectivity index (χ1n) is 6.90. The molecule has 0 unspecified atom stereocenters. The molecule has 2 aliphatic carbocycles. The quantitative estimate of drug-likeness (QED) is 0.675. The van der Waals surface area contributed by atoms with E-state index in [1.54, 1.807) is 0 Å². The molecule has 0 aromatic rings. The van der Waals surface area contributed by atoms with Crippen LogP contribution in [0.2, 0.25) is 0 Å². The van der Waals surface area contributed by atoms with E-state index in [0.29, 0.717) is 24.0 Å². The zero-order valence-electron chi connectivity index (χ0n) is 11.7. The summed E-state index contributed by atoms with van der Waals surface area (Å²) >= 11 is 0. The van der Waals surface area contributed by atoms with Crippen molar-refractivity contribution in [3.8, 4) is 0 Å². The fourth-order valence-electron chi connectivity index (χ4n) is 4.34. The average Bonchev–Trinajstić information content (AvgIpc) is 2.73. The number of carbonyl (C=O) groups excluding carboxylic acids is 2. The van der Waals surface area contributed by atoms with Crippen molar-refractivity contribution < 1.29 is 19.4 Å². The lowest BCUT2D eigenvalue weighted by Crippen LogP contribution is -2.53. The van der Waals surface area contributed by atoms with E-state index in [1.165, 1.54) is 0 Å². The lowest BCUT2D eigenvalue weighted by atomic mass is 9.49. The van der Waals surface area contributed by atoms with Crippen LogP contribution in [-0.2, 0) is 14.3 Å². The molecule has 19 heavy (non-hydrogen) atoms. The number of cyclic esters (lactones) is 1. The predicted molar refractivity (Wildman–Crippen MR) is 68.2 cm³/mol. The fraction of sp³-hybridized carbons (Fsp3) is 0.733. The molecule has 0 aromatic carbocycles. The lowest BCUT2D eigenvalue weighted by Gasteiger charge is -2.54. The molecule has 104 valence electrons. The molecule has 0 aromatic heterocycles. The van der Waals surface area contributed by atoms with Crippen molar-refractivity contribution in [2.75, 3.05) is 6.61 Å². The molecule has 3 aliphatic rings. The second-order valence-electron chi connectivity index (χ2n) is 6.90. The summed E-state index contributed by atoms with van der Waals surface area (Å²) < 4.78 is 5.08. The SMILES string of the molecule is CC1(C)[C@H](O)CC[C@]2(C)C3=C(COC3=O)C(=O)C[C@@H]12. The molecular weight excluding hydrogens is 244 g/mol. The van der Waals surface area contributed by atoms with E-state index < -0.39 is 6.10 Å². The van der Waals surface area contributed by atoms with Gasteiger partial charge in [0, 0.05) is 17.4 Å². The van der Waals surface area contributed by atoms with Crippen molar-refractivity contribution in [2.45, 2.75) is 46.1 Å². The van der Waals surface area contributed by atoms with E-state index in [4.69, 9.17) is 4.74 Å². The third-order valence-corrected chi connectivity index (χ3v) is 5.61. The number of Topliss-reactive ketones (excluding diaryl/α,β-unsaturated/α-hetero) is 1. The van der Waals surface area contributed by atoms with Gasteiger partial charge in [0.15, 0.2) is 5.78 Å². The minimum absolute atomic E-state index is 0.000602. The Morgan fingerprint density at radius 1 is 1.26 bits per heavy atom. The minimum atomic E-state index is -0.419. The Morgan fingerprint density at radius 3 is 2.63 bits per heavy atom. The molecule has 0 saturated heterocycles. The second kappa shape index (κ2) is 3.69. The van der Waals surface area contributed by atoms with Crippen LogP contribution >= 0.6 is 0 Å². The number of aliphatic hydroxyl groups excluding tert-OH is 1. The largest absolute Gasteiger partial charge is 0.457 e. The first-order valence-corrected chi connectivity index (χ1v) is 6.90. The predicted octanol–water partition coefficient (Wildman–Crippen LogP) is 1.62. The Bertz CT molecular complexity index is 502. The van der Waals surface area contributed by atoms with Crippen LogP contribution < -0.4 is 0 Å². The molecule has 1 fully saturated rings. The number of rotatable bonds is 0. The van der Waals surface area contributed by atoms with Crippen molar-refractivity contribution in [2.24, 2.45) is 16.7 Å². The Kier molecular flexibility index (Phi) is 2.50. The monoisotopic (exact) mass is 264 g/mol. The summed E-state index contributed by atoms with van der Waals surface area (Å²) in [6.45, 7) is 6.19. The Morgan fingerprint density at radius 2 is 1.95 bits per heavy atom. The Hall–Kier alpha value is -1.16. The summed E-state index contributed by atoms with van der Waals surface area (Å²) in [5, 5.41) is 10.2. The molecule has 4 heteroatoms. The van der Waals surface area contributed by atoms with Gasteiger partial charge in [0.2, 0.25) is 0 Å². The molecule has 0 spiro atoms. The van der Waals surface area contributed by atoms with E-state index in [0.717, 1.165) is 6.42 Å². The van der Waals surface area contributed by atoms with Crippen molar-refractivity contribution in [3.05, 3.63) is 11.1 Å². The Balaban J connectivity index is 2.15. The number of aliphatic hydroxyl groups is 1. The van der Waals surface area contributed by atoms with Gasteiger partial charge in [0.25, 0.3) is 0 Å². The van der Waals surface area contributed by atoms with Crippen LogP contribution in [0.25, 0.3) is 0 Å². The zero-order valence-corrected chi connectivity index (χ0v) is 11.7. The number of fused-ring (bicyclic) bond motifs is 2. The first-order chi connectivity index (χ1) is 8.78. The molecule has 0 amide bonds. The summed E-state index contributed by atoms with van der Waals surface area (Å²) in [4.78, 5) is 24.3. The normalized spacial score (nSPS) is 40.8. The maximum absolute atomic E-state index is 12.2. The van der Waals surface area contributed by atoms with Gasteiger partial charge in [-0.1, -0.05) is 20.8 Å². The topological polar surface area (TPSA) is 63.6 Å². The average molecular weight is 264 g/mol. The number of ether oxygens (including phenoxy) is 1. The highest BCUT2D eigenvalue weighted by Gasteiger charge is 2.59. The third-order valence-electron chi connectivity index (χ3n) is 5.61. The van der Waals surface area contributed by atoms with Gasteiger partial charge in [-0.15, -0.1) is 0 Å². The third kappa shape index (κ3) is 1.49. The molecule has 1 saturated carbocycles. The zero-order chi connectivity index (χ0) is 14.0. The summed E-state index contributed by atoms with van der Waals surface area (Å²) in [5.41, 5.74) is 0.480. The highest BCUT2D eigenvalue weighted by Crippen LogP contribution is 2.59. The van der Waals surface area contributed by atoms with Gasteiger partial charge in [0.1, 0.15) is 6.61 Å². The number of hydrogen-bond donors (Lipinski definition) is 1. The highest BCUT2D eigenvalue weighted by atomic mass is 16.5. The van der Waals surface area contributed by atoms with E-state index in [-0.39, 0.29) is 35.1 Å². The highest BCUT2D eigenvalue weighted by molar-refractivity contribution is 6.09. The van der Waals surface area contributed by atoms with E-state index in [1.807, 2.05) is 13.8 Å². The number of esters is 1. The van der Waals surface area contributed by atoms with Crippen LogP contribution in [-0.4, -0.2) is 29.6 Å². The smallest absolute Gasteiger partial charge is 0.335 e. The van der Waals surface area contributed by atoms with Crippen molar-refractivity contribution in [1.82, 2.24) is 0 Å². The molecule has 4 nitrogen and oxygen atoms in total. The van der Waals surface area contributed by atoms with Crippen molar-refractivity contribution in [3.63, 3.8) is 0 Å². The maximum Gasteiger partial charge on any atom is 0.335 e. The molecule has 3 atom stereocenters. The van der Waals surface area contributed by atoms with Crippen LogP contribution in [0.1, 0.15) is 40.0 Å². The first kappa shape index (κ1) is 12.9. The van der Waals surface area contributed by atoms with Gasteiger partial charge < -0.3 is 9.84 Å². The summed E-state index contributed by atoms with van der Waals surface area (Å²) in [6, 6.07) is 0. The van der Waals surface area contributed by atoms with Crippen LogP contribution in [0.3, 0.4) is 0 Å². The van der Waals surface area contributed by atoms with Gasteiger partial charge in [0.05, 0.1) is 11.7 Å². The molecule has 1 heterocycles. The summed E-state index contributed by atoms with van der Waals surface area (Å²) in [6.07, 6.45) is 1.40.